The van der Waals surface area contributed by atoms with Crippen LogP contribution in [-0.2, 0) is 4.79 Å². The molecule has 1 atom stereocenters. The summed E-state index contributed by atoms with van der Waals surface area (Å²) in [5.74, 6) is 1.44. The molecule has 2 rings (SSSR count). The van der Waals surface area contributed by atoms with Crippen molar-refractivity contribution in [2.45, 2.75) is 13.0 Å². The number of nitrogens with zero attached hydrogens (tertiary/aromatic N) is 2. The van der Waals surface area contributed by atoms with Crippen LogP contribution in [0, 0.1) is 0 Å². The molecule has 1 amide bonds. The number of hydrogen-bond donors (Lipinski definition) is 2. The topological polar surface area (TPSA) is 66.5 Å². The van der Waals surface area contributed by atoms with Crippen LogP contribution in [0.25, 0.3) is 0 Å². The lowest BCUT2D eigenvalue weighted by atomic mass is 10.1. The van der Waals surface area contributed by atoms with E-state index in [4.69, 9.17) is 4.74 Å². The Kier molecular flexibility index (Phi) is 4.57. The summed E-state index contributed by atoms with van der Waals surface area (Å²) in [4.78, 5) is 18.3. The Morgan fingerprint density at radius 1 is 1.68 bits per heavy atom. The molecule has 2 heterocycles. The normalized spacial score (nSPS) is 19.1. The third-order valence-electron chi connectivity index (χ3n) is 3.12. The highest BCUT2D eigenvalue weighted by Gasteiger charge is 2.30. The smallest absolute Gasteiger partial charge is 0.243 e. The second-order valence-electron chi connectivity index (χ2n) is 4.29. The fourth-order valence-electron chi connectivity index (χ4n) is 2.22. The van der Waals surface area contributed by atoms with E-state index in [1.54, 1.807) is 13.2 Å². The number of amides is 1. The second kappa shape index (κ2) is 6.38. The maximum absolute atomic E-state index is 12.0. The van der Waals surface area contributed by atoms with Crippen LogP contribution < -0.4 is 20.3 Å². The van der Waals surface area contributed by atoms with Gasteiger partial charge in [0.25, 0.3) is 0 Å². The van der Waals surface area contributed by atoms with E-state index >= 15 is 0 Å². The maximum Gasteiger partial charge on any atom is 0.243 e. The van der Waals surface area contributed by atoms with Crippen molar-refractivity contribution in [3.63, 3.8) is 0 Å². The summed E-state index contributed by atoms with van der Waals surface area (Å²) in [6.45, 7) is 4.69. The minimum Gasteiger partial charge on any atom is -0.490 e. The van der Waals surface area contributed by atoms with Crippen LogP contribution in [0.15, 0.2) is 18.3 Å². The molecular weight excluding hydrogens is 244 g/mol. The van der Waals surface area contributed by atoms with Gasteiger partial charge >= 0.3 is 0 Å². The van der Waals surface area contributed by atoms with Crippen LogP contribution >= 0.6 is 0 Å². The first-order valence-electron chi connectivity index (χ1n) is 6.54. The number of ether oxygens (including phenoxy) is 1. The zero-order valence-corrected chi connectivity index (χ0v) is 11.3. The van der Waals surface area contributed by atoms with Crippen molar-refractivity contribution >= 4 is 11.7 Å². The van der Waals surface area contributed by atoms with E-state index in [-0.39, 0.29) is 11.9 Å². The lowest BCUT2D eigenvalue weighted by Crippen LogP contribution is -2.58. The van der Waals surface area contributed by atoms with Gasteiger partial charge in [0, 0.05) is 32.9 Å². The van der Waals surface area contributed by atoms with Gasteiger partial charge < -0.3 is 20.3 Å². The SMILES string of the molecule is CCOc1cccnc1N1CCNCC1C(=O)NC. The minimum absolute atomic E-state index is 0.0136. The highest BCUT2D eigenvalue weighted by molar-refractivity contribution is 5.85. The van der Waals surface area contributed by atoms with Crippen LogP contribution in [0.1, 0.15) is 6.92 Å². The molecule has 19 heavy (non-hydrogen) atoms. The summed E-state index contributed by atoms with van der Waals surface area (Å²) in [6, 6.07) is 3.47. The van der Waals surface area contributed by atoms with Crippen LogP contribution in [-0.4, -0.2) is 50.2 Å². The molecule has 1 saturated heterocycles. The van der Waals surface area contributed by atoms with Gasteiger partial charge in [0.2, 0.25) is 5.91 Å². The predicted octanol–water partition coefficient (Wildman–Crippen LogP) is 0.00450. The van der Waals surface area contributed by atoms with Gasteiger partial charge in [-0.2, -0.15) is 0 Å². The first-order valence-corrected chi connectivity index (χ1v) is 6.54. The van der Waals surface area contributed by atoms with Crippen molar-refractivity contribution in [2.75, 3.05) is 38.2 Å². The lowest BCUT2D eigenvalue weighted by molar-refractivity contribution is -0.122. The van der Waals surface area contributed by atoms with Gasteiger partial charge in [-0.25, -0.2) is 4.98 Å². The number of rotatable bonds is 4. The van der Waals surface area contributed by atoms with Crippen LogP contribution in [0.4, 0.5) is 5.82 Å². The zero-order valence-electron chi connectivity index (χ0n) is 11.3. The first-order chi connectivity index (χ1) is 9.27. The Labute approximate surface area is 113 Å². The number of likely N-dealkylation sites (N-methyl/N-ethyl adjacent to an activating group) is 1. The first kappa shape index (κ1) is 13.6. The molecule has 0 saturated carbocycles. The molecule has 1 fully saturated rings. The van der Waals surface area contributed by atoms with Crippen molar-refractivity contribution in [1.29, 1.82) is 0 Å². The molecule has 1 aromatic heterocycles. The zero-order chi connectivity index (χ0) is 13.7. The molecule has 1 unspecified atom stereocenters. The van der Waals surface area contributed by atoms with Crippen molar-refractivity contribution in [3.05, 3.63) is 18.3 Å². The molecule has 0 bridgehead atoms. The van der Waals surface area contributed by atoms with Crippen molar-refractivity contribution in [1.82, 2.24) is 15.6 Å². The van der Waals surface area contributed by atoms with Crippen LogP contribution in [0.3, 0.4) is 0 Å². The highest BCUT2D eigenvalue weighted by atomic mass is 16.5. The summed E-state index contributed by atoms with van der Waals surface area (Å²) in [5, 5.41) is 5.93. The Hall–Kier alpha value is -1.82. The monoisotopic (exact) mass is 264 g/mol. The summed E-state index contributed by atoms with van der Waals surface area (Å²) >= 11 is 0. The minimum atomic E-state index is -0.257. The molecule has 0 radical (unpaired) electrons. The Morgan fingerprint density at radius 2 is 2.53 bits per heavy atom. The van der Waals surface area contributed by atoms with Gasteiger partial charge in [0.15, 0.2) is 11.6 Å². The Balaban J connectivity index is 2.29. The molecular formula is C13H20N4O2. The third kappa shape index (κ3) is 2.96. The van der Waals surface area contributed by atoms with E-state index in [9.17, 15) is 4.79 Å². The van der Waals surface area contributed by atoms with Gasteiger partial charge in [0.05, 0.1) is 6.61 Å². The van der Waals surface area contributed by atoms with Crippen molar-refractivity contribution < 1.29 is 9.53 Å². The molecule has 1 aromatic rings. The molecule has 2 N–H and O–H groups in total. The molecule has 6 nitrogen and oxygen atoms in total. The van der Waals surface area contributed by atoms with Crippen molar-refractivity contribution in [2.24, 2.45) is 0 Å². The lowest BCUT2D eigenvalue weighted by Gasteiger charge is -2.36. The van der Waals surface area contributed by atoms with Crippen molar-refractivity contribution in [3.8, 4) is 5.75 Å². The number of aromatic nitrogens is 1. The number of pyridine rings is 1. The number of nitrogens with one attached hydrogen (secondary N) is 2. The largest absolute Gasteiger partial charge is 0.490 e. The van der Waals surface area contributed by atoms with E-state index in [1.807, 2.05) is 24.0 Å². The van der Waals surface area contributed by atoms with E-state index < -0.39 is 0 Å². The van der Waals surface area contributed by atoms with Gasteiger partial charge in [-0.1, -0.05) is 0 Å². The van der Waals surface area contributed by atoms with E-state index in [1.165, 1.54) is 0 Å². The summed E-state index contributed by atoms with van der Waals surface area (Å²) in [7, 11) is 1.65. The Bertz CT molecular complexity index is 438. The van der Waals surface area contributed by atoms with Gasteiger partial charge in [-0.05, 0) is 19.1 Å². The Morgan fingerprint density at radius 3 is 3.26 bits per heavy atom. The second-order valence-corrected chi connectivity index (χ2v) is 4.29. The summed E-state index contributed by atoms with van der Waals surface area (Å²) in [5.41, 5.74) is 0. The molecule has 0 aromatic carbocycles. The highest BCUT2D eigenvalue weighted by Crippen LogP contribution is 2.27. The van der Waals surface area contributed by atoms with E-state index in [2.05, 4.69) is 15.6 Å². The fourth-order valence-corrected chi connectivity index (χ4v) is 2.22. The summed E-state index contributed by atoms with van der Waals surface area (Å²) in [6.07, 6.45) is 1.72. The number of carbonyl (C=O) groups is 1. The van der Waals surface area contributed by atoms with E-state index in [0.29, 0.717) is 13.2 Å². The van der Waals surface area contributed by atoms with Gasteiger partial charge in [0.1, 0.15) is 6.04 Å². The molecule has 6 heteroatoms. The van der Waals surface area contributed by atoms with Gasteiger partial charge in [-0.15, -0.1) is 0 Å². The quantitative estimate of drug-likeness (QED) is 0.801. The average molecular weight is 264 g/mol. The van der Waals surface area contributed by atoms with Gasteiger partial charge in [-0.3, -0.25) is 4.79 Å². The van der Waals surface area contributed by atoms with Crippen LogP contribution in [0.2, 0.25) is 0 Å². The molecule has 0 aliphatic carbocycles. The van der Waals surface area contributed by atoms with E-state index in [0.717, 1.165) is 24.7 Å². The maximum atomic E-state index is 12.0. The number of piperazine rings is 1. The average Bonchev–Trinajstić information content (AvgIpc) is 2.47. The summed E-state index contributed by atoms with van der Waals surface area (Å²) < 4.78 is 5.60. The predicted molar refractivity (Wildman–Crippen MR) is 73.5 cm³/mol. The number of anilines is 1. The molecule has 1 aliphatic rings. The van der Waals surface area contributed by atoms with Crippen LogP contribution in [0.5, 0.6) is 5.75 Å². The number of carbonyl (C=O) groups excluding carboxylic acids is 1. The molecule has 0 spiro atoms. The molecule has 104 valence electrons. The number of hydrogen-bond acceptors (Lipinski definition) is 5. The third-order valence-corrected chi connectivity index (χ3v) is 3.12. The molecule has 1 aliphatic heterocycles. The standard InChI is InChI=1S/C13H20N4O2/c1-3-19-11-5-4-6-16-12(11)17-8-7-15-9-10(17)13(18)14-2/h4-6,10,15H,3,7-9H2,1-2H3,(H,14,18). The fraction of sp³-hybridized carbons (Fsp3) is 0.538.